The second-order valence-corrected chi connectivity index (χ2v) is 7.09. The average molecular weight is 413 g/mol. The molecule has 2 amide bonds. The maximum Gasteiger partial charge on any atom is 0.315 e. The molecule has 2 rings (SSSR count). The minimum atomic E-state index is -0.471. The van der Waals surface area contributed by atoms with Gasteiger partial charge in [0.15, 0.2) is 5.78 Å². The zero-order valence-corrected chi connectivity index (χ0v) is 18.1. The topological polar surface area (TPSA) is 81.9 Å². The van der Waals surface area contributed by atoms with Gasteiger partial charge in [0.2, 0.25) is 0 Å². The van der Waals surface area contributed by atoms with Crippen LogP contribution in [-0.2, 0) is 13.0 Å². The predicted molar refractivity (Wildman–Crippen MR) is 118 cm³/mol. The Hall–Kier alpha value is -3.02. The number of carbonyl (C=O) groups is 2. The van der Waals surface area contributed by atoms with Crippen LogP contribution in [0.3, 0.4) is 0 Å². The summed E-state index contributed by atoms with van der Waals surface area (Å²) in [6, 6.07) is 13.4. The summed E-state index contributed by atoms with van der Waals surface area (Å²) in [4.78, 5) is 25.7. The van der Waals surface area contributed by atoms with Crippen molar-refractivity contribution in [2.45, 2.75) is 46.6 Å². The molecule has 6 nitrogen and oxygen atoms in total. The number of unbranched alkanes of at least 4 members (excludes halogenated alkanes) is 1. The Morgan fingerprint density at radius 2 is 1.53 bits per heavy atom. The lowest BCUT2D eigenvalue weighted by atomic mass is 10.0. The molecule has 0 aliphatic rings. The summed E-state index contributed by atoms with van der Waals surface area (Å²) in [5.74, 6) is 0.819. The van der Waals surface area contributed by atoms with E-state index in [1.54, 1.807) is 17.0 Å². The molecule has 2 N–H and O–H groups in total. The molecule has 0 atom stereocenters. The number of benzene rings is 2. The number of Topliss-reactive ketones (excluding diaryl/α,β-unsaturated/α-hetero) is 1. The summed E-state index contributed by atoms with van der Waals surface area (Å²) in [5, 5.41) is 0. The van der Waals surface area contributed by atoms with Crippen molar-refractivity contribution < 1.29 is 19.1 Å². The number of ether oxygens (including phenoxy) is 2. The third-order valence-corrected chi connectivity index (χ3v) is 4.75. The second kappa shape index (κ2) is 11.9. The van der Waals surface area contributed by atoms with E-state index in [-0.39, 0.29) is 5.78 Å². The van der Waals surface area contributed by atoms with Gasteiger partial charge in [-0.05, 0) is 63.3 Å². The molecular formula is C24H32N2O4. The quantitative estimate of drug-likeness (QED) is 0.408. The largest absolute Gasteiger partial charge is 0.493 e. The maximum atomic E-state index is 12.1. The van der Waals surface area contributed by atoms with Crippen molar-refractivity contribution >= 4 is 11.8 Å². The first-order valence-corrected chi connectivity index (χ1v) is 10.5. The van der Waals surface area contributed by atoms with Gasteiger partial charge in [0.05, 0.1) is 13.2 Å². The van der Waals surface area contributed by atoms with Crippen LogP contribution in [0.15, 0.2) is 42.5 Å². The number of aryl methyl sites for hydroxylation is 1. The number of amides is 2. The fourth-order valence-electron chi connectivity index (χ4n) is 3.39. The van der Waals surface area contributed by atoms with Crippen molar-refractivity contribution in [2.24, 2.45) is 5.73 Å². The Labute approximate surface area is 179 Å². The van der Waals surface area contributed by atoms with Crippen molar-refractivity contribution in [3.63, 3.8) is 0 Å². The molecule has 0 aliphatic carbocycles. The fraction of sp³-hybridized carbons (Fsp3) is 0.417. The molecule has 0 fully saturated rings. The highest BCUT2D eigenvalue weighted by Gasteiger charge is 2.19. The van der Waals surface area contributed by atoms with Gasteiger partial charge in [0, 0.05) is 13.1 Å². The standard InChI is InChI=1S/C24H32N2O4/c1-4-29-21-15-20(16-22(30-5-2)23(21)18(3)27)17-26(24(25)28)14-10-9-13-19-11-7-6-8-12-19/h6-8,11-12,15-16H,4-5,9-10,13-14,17H2,1-3H3,(H2,25,28). The maximum absolute atomic E-state index is 12.1. The van der Waals surface area contributed by atoms with Gasteiger partial charge in [-0.25, -0.2) is 4.79 Å². The highest BCUT2D eigenvalue weighted by molar-refractivity contribution is 5.99. The lowest BCUT2D eigenvalue weighted by molar-refractivity contribution is 0.101. The molecule has 0 bridgehead atoms. The van der Waals surface area contributed by atoms with Crippen LogP contribution in [0.1, 0.15) is 55.1 Å². The molecule has 0 aromatic heterocycles. The summed E-state index contributed by atoms with van der Waals surface area (Å²) < 4.78 is 11.4. The molecule has 0 radical (unpaired) electrons. The van der Waals surface area contributed by atoms with E-state index in [1.807, 2.05) is 32.0 Å². The SMILES string of the molecule is CCOc1cc(CN(CCCCc2ccccc2)C(N)=O)cc(OCC)c1C(C)=O. The van der Waals surface area contributed by atoms with Gasteiger partial charge in [0.25, 0.3) is 0 Å². The van der Waals surface area contributed by atoms with Crippen molar-refractivity contribution in [3.05, 3.63) is 59.2 Å². The van der Waals surface area contributed by atoms with Crippen molar-refractivity contribution in [3.8, 4) is 11.5 Å². The number of ketones is 1. The third kappa shape index (κ3) is 6.79. The van der Waals surface area contributed by atoms with Gasteiger partial charge in [-0.3, -0.25) is 4.79 Å². The molecule has 6 heteroatoms. The molecule has 0 saturated carbocycles. The molecule has 0 spiro atoms. The smallest absolute Gasteiger partial charge is 0.315 e. The first-order valence-electron chi connectivity index (χ1n) is 10.5. The molecule has 0 aliphatic heterocycles. The second-order valence-electron chi connectivity index (χ2n) is 7.09. The molecule has 0 unspecified atom stereocenters. The Morgan fingerprint density at radius 3 is 2.03 bits per heavy atom. The molecule has 0 heterocycles. The minimum Gasteiger partial charge on any atom is -0.493 e. The molecule has 30 heavy (non-hydrogen) atoms. The highest BCUT2D eigenvalue weighted by atomic mass is 16.5. The van der Waals surface area contributed by atoms with E-state index in [1.165, 1.54) is 12.5 Å². The Morgan fingerprint density at radius 1 is 0.933 bits per heavy atom. The monoisotopic (exact) mass is 412 g/mol. The number of primary amides is 1. The van der Waals surface area contributed by atoms with Gasteiger partial charge in [-0.15, -0.1) is 0 Å². The number of hydrogen-bond acceptors (Lipinski definition) is 4. The Kier molecular flexibility index (Phi) is 9.19. The van der Waals surface area contributed by atoms with Gasteiger partial charge in [-0.1, -0.05) is 30.3 Å². The lowest BCUT2D eigenvalue weighted by Crippen LogP contribution is -2.36. The summed E-state index contributed by atoms with van der Waals surface area (Å²) in [6.07, 6.45) is 2.77. The summed E-state index contributed by atoms with van der Waals surface area (Å²) in [6.45, 7) is 6.95. The molecule has 2 aromatic carbocycles. The molecular weight excluding hydrogens is 380 g/mol. The molecule has 162 valence electrons. The first kappa shape index (κ1) is 23.3. The van der Waals surface area contributed by atoms with Gasteiger partial charge in [-0.2, -0.15) is 0 Å². The summed E-state index contributed by atoms with van der Waals surface area (Å²) in [7, 11) is 0. The third-order valence-electron chi connectivity index (χ3n) is 4.75. The van der Waals surface area contributed by atoms with Crippen molar-refractivity contribution in [1.82, 2.24) is 4.90 Å². The van der Waals surface area contributed by atoms with E-state index >= 15 is 0 Å². The summed E-state index contributed by atoms with van der Waals surface area (Å²) in [5.41, 5.74) is 8.14. The van der Waals surface area contributed by atoms with Crippen LogP contribution in [0.2, 0.25) is 0 Å². The van der Waals surface area contributed by atoms with E-state index in [4.69, 9.17) is 15.2 Å². The Balaban J connectivity index is 2.11. The molecule has 2 aromatic rings. The van der Waals surface area contributed by atoms with Crippen molar-refractivity contribution in [1.29, 1.82) is 0 Å². The van der Waals surface area contributed by atoms with Crippen LogP contribution in [0.25, 0.3) is 0 Å². The van der Waals surface area contributed by atoms with E-state index in [2.05, 4.69) is 12.1 Å². The van der Waals surface area contributed by atoms with Crippen LogP contribution in [0.4, 0.5) is 4.79 Å². The normalized spacial score (nSPS) is 10.5. The van der Waals surface area contributed by atoms with Crippen LogP contribution in [0, 0.1) is 0 Å². The number of rotatable bonds is 12. The zero-order valence-electron chi connectivity index (χ0n) is 18.1. The predicted octanol–water partition coefficient (Wildman–Crippen LogP) is 4.59. The zero-order chi connectivity index (χ0) is 21.9. The van der Waals surface area contributed by atoms with Gasteiger partial charge in [0.1, 0.15) is 17.1 Å². The van der Waals surface area contributed by atoms with E-state index in [9.17, 15) is 9.59 Å². The van der Waals surface area contributed by atoms with E-state index in [0.29, 0.717) is 43.4 Å². The number of carbonyl (C=O) groups excluding carboxylic acids is 2. The van der Waals surface area contributed by atoms with E-state index in [0.717, 1.165) is 24.8 Å². The van der Waals surface area contributed by atoms with Crippen LogP contribution in [0.5, 0.6) is 11.5 Å². The summed E-state index contributed by atoms with van der Waals surface area (Å²) >= 11 is 0. The first-order chi connectivity index (χ1) is 14.5. The van der Waals surface area contributed by atoms with Gasteiger partial charge < -0.3 is 20.1 Å². The van der Waals surface area contributed by atoms with E-state index < -0.39 is 6.03 Å². The van der Waals surface area contributed by atoms with Crippen LogP contribution >= 0.6 is 0 Å². The number of nitrogens with zero attached hydrogens (tertiary/aromatic N) is 1. The number of urea groups is 1. The minimum absolute atomic E-state index is 0.124. The Bertz CT molecular complexity index is 809. The molecule has 0 saturated heterocycles. The number of nitrogens with two attached hydrogens (primary N) is 1. The van der Waals surface area contributed by atoms with Crippen LogP contribution in [-0.4, -0.2) is 36.5 Å². The average Bonchev–Trinajstić information content (AvgIpc) is 2.71. The van der Waals surface area contributed by atoms with Crippen molar-refractivity contribution in [2.75, 3.05) is 19.8 Å². The van der Waals surface area contributed by atoms with Crippen LogP contribution < -0.4 is 15.2 Å². The fourth-order valence-corrected chi connectivity index (χ4v) is 3.39. The van der Waals surface area contributed by atoms with Gasteiger partial charge >= 0.3 is 6.03 Å². The lowest BCUT2D eigenvalue weighted by Gasteiger charge is -2.22. The number of hydrogen-bond donors (Lipinski definition) is 1. The highest BCUT2D eigenvalue weighted by Crippen LogP contribution is 2.32.